The second kappa shape index (κ2) is 4.95. The van der Waals surface area contributed by atoms with Crippen molar-refractivity contribution in [3.8, 4) is 0 Å². The lowest BCUT2D eigenvalue weighted by Gasteiger charge is -2.29. The van der Waals surface area contributed by atoms with Crippen molar-refractivity contribution in [2.24, 2.45) is 5.41 Å². The number of aliphatic hydroxyl groups is 2. The molecule has 0 saturated carbocycles. The van der Waals surface area contributed by atoms with Crippen LogP contribution in [-0.4, -0.2) is 22.4 Å². The summed E-state index contributed by atoms with van der Waals surface area (Å²) in [6, 6.07) is 3.92. The van der Waals surface area contributed by atoms with Crippen molar-refractivity contribution in [1.29, 1.82) is 0 Å². The van der Waals surface area contributed by atoms with E-state index in [0.717, 1.165) is 8.66 Å². The van der Waals surface area contributed by atoms with Crippen molar-refractivity contribution in [3.05, 3.63) is 20.8 Å². The van der Waals surface area contributed by atoms with Crippen molar-refractivity contribution in [3.63, 3.8) is 0 Å². The Hall–Kier alpha value is 0.1000. The highest BCUT2D eigenvalue weighted by Gasteiger charge is 2.29. The van der Waals surface area contributed by atoms with Crippen LogP contribution in [0.1, 0.15) is 25.6 Å². The first-order valence-corrected chi connectivity index (χ1v) is 6.52. The smallest absolute Gasteiger partial charge is 0.0852 e. The summed E-state index contributed by atoms with van der Waals surface area (Å²) in [6.45, 7) is 5.77. The van der Waals surface area contributed by atoms with Crippen LogP contribution >= 0.6 is 27.3 Å². The van der Waals surface area contributed by atoms with Gasteiger partial charge in [-0.1, -0.05) is 20.8 Å². The number of halogens is 1. The number of aliphatic hydroxyl groups excluding tert-OH is 2. The molecule has 15 heavy (non-hydrogen) atoms. The molecule has 0 aliphatic carbocycles. The first kappa shape index (κ1) is 13.2. The lowest BCUT2D eigenvalue weighted by molar-refractivity contribution is -0.0430. The average molecular weight is 293 g/mol. The maximum Gasteiger partial charge on any atom is 0.0852 e. The van der Waals surface area contributed by atoms with Crippen LogP contribution in [0.2, 0.25) is 0 Å². The molecule has 0 aromatic carbocycles. The molecule has 0 saturated heterocycles. The van der Waals surface area contributed by atoms with Gasteiger partial charge >= 0.3 is 0 Å². The van der Waals surface area contributed by atoms with Gasteiger partial charge in [0.05, 0.1) is 16.0 Å². The van der Waals surface area contributed by atoms with Gasteiger partial charge in [-0.15, -0.1) is 11.3 Å². The number of rotatable bonds is 3. The lowest BCUT2D eigenvalue weighted by Crippen LogP contribution is -2.38. The average Bonchev–Trinajstić information content (AvgIpc) is 2.48. The molecular formula is C11H17BrO2S. The maximum absolute atomic E-state index is 9.87. The van der Waals surface area contributed by atoms with E-state index in [1.54, 1.807) is 11.3 Å². The molecular weight excluding hydrogens is 276 g/mol. The predicted molar refractivity (Wildman–Crippen MR) is 67.2 cm³/mol. The molecule has 0 fully saturated rings. The monoisotopic (exact) mass is 292 g/mol. The summed E-state index contributed by atoms with van der Waals surface area (Å²) in [5.41, 5.74) is -0.284. The highest BCUT2D eigenvalue weighted by atomic mass is 79.9. The van der Waals surface area contributed by atoms with Gasteiger partial charge in [-0.05, 0) is 33.5 Å². The third kappa shape index (κ3) is 3.87. The van der Waals surface area contributed by atoms with Gasteiger partial charge in [-0.3, -0.25) is 0 Å². The Morgan fingerprint density at radius 2 is 1.93 bits per heavy atom. The third-order valence-electron chi connectivity index (χ3n) is 2.29. The third-order valence-corrected chi connectivity index (χ3v) is 3.94. The van der Waals surface area contributed by atoms with Gasteiger partial charge in [0.25, 0.3) is 0 Å². The highest BCUT2D eigenvalue weighted by Crippen LogP contribution is 2.27. The highest BCUT2D eigenvalue weighted by molar-refractivity contribution is 9.11. The molecule has 2 nitrogen and oxygen atoms in total. The van der Waals surface area contributed by atoms with Crippen molar-refractivity contribution < 1.29 is 10.2 Å². The molecule has 0 spiro atoms. The van der Waals surface area contributed by atoms with Crippen molar-refractivity contribution >= 4 is 27.3 Å². The molecule has 4 heteroatoms. The van der Waals surface area contributed by atoms with Gasteiger partial charge < -0.3 is 10.2 Å². The summed E-state index contributed by atoms with van der Waals surface area (Å²) in [7, 11) is 0. The minimum atomic E-state index is -0.699. The second-order valence-corrected chi connectivity index (χ2v) is 7.34. The van der Waals surface area contributed by atoms with Crippen LogP contribution in [0, 0.1) is 5.41 Å². The molecule has 0 amide bonds. The maximum atomic E-state index is 9.87. The molecule has 1 aromatic heterocycles. The van der Waals surface area contributed by atoms with Gasteiger partial charge in [0.2, 0.25) is 0 Å². The summed E-state index contributed by atoms with van der Waals surface area (Å²) in [6.07, 6.45) is -0.886. The van der Waals surface area contributed by atoms with E-state index in [1.165, 1.54) is 0 Å². The van der Waals surface area contributed by atoms with Crippen molar-refractivity contribution in [2.75, 3.05) is 0 Å². The minimum Gasteiger partial charge on any atom is -0.390 e. The van der Waals surface area contributed by atoms with Crippen LogP contribution in [0.25, 0.3) is 0 Å². The summed E-state index contributed by atoms with van der Waals surface area (Å²) in [5.74, 6) is 0. The van der Waals surface area contributed by atoms with E-state index in [-0.39, 0.29) is 5.41 Å². The fourth-order valence-corrected chi connectivity index (χ4v) is 2.89. The number of hydrogen-bond donors (Lipinski definition) is 2. The first-order chi connectivity index (χ1) is 6.80. The molecule has 1 rings (SSSR count). The fraction of sp³-hybridized carbons (Fsp3) is 0.636. The Labute approximate surface area is 103 Å². The molecule has 0 aliphatic rings. The Bertz CT molecular complexity index is 317. The fourth-order valence-electron chi connectivity index (χ4n) is 1.36. The van der Waals surface area contributed by atoms with Gasteiger partial charge in [-0.25, -0.2) is 0 Å². The van der Waals surface area contributed by atoms with Gasteiger partial charge in [0.15, 0.2) is 0 Å². The van der Waals surface area contributed by atoms with Crippen molar-refractivity contribution in [1.82, 2.24) is 0 Å². The van der Waals surface area contributed by atoms with E-state index < -0.39 is 12.2 Å². The molecule has 1 aromatic rings. The Morgan fingerprint density at radius 3 is 2.33 bits per heavy atom. The quantitative estimate of drug-likeness (QED) is 0.899. The Kier molecular flexibility index (Phi) is 4.35. The zero-order chi connectivity index (χ0) is 11.6. The van der Waals surface area contributed by atoms with Crippen LogP contribution in [0.15, 0.2) is 15.9 Å². The van der Waals surface area contributed by atoms with Crippen LogP contribution < -0.4 is 0 Å². The summed E-state index contributed by atoms with van der Waals surface area (Å²) >= 11 is 4.96. The zero-order valence-corrected chi connectivity index (χ0v) is 11.6. The minimum absolute atomic E-state index is 0.284. The normalized spacial score (nSPS) is 16.4. The van der Waals surface area contributed by atoms with E-state index in [4.69, 9.17) is 0 Å². The topological polar surface area (TPSA) is 40.5 Å². The predicted octanol–water partition coefficient (Wildman–Crippen LogP) is 2.82. The molecule has 86 valence electrons. The lowest BCUT2D eigenvalue weighted by atomic mass is 9.85. The molecule has 2 N–H and O–H groups in total. The largest absolute Gasteiger partial charge is 0.390 e. The van der Waals surface area contributed by atoms with Crippen LogP contribution in [-0.2, 0) is 6.42 Å². The SMILES string of the molecule is CC(C)(C)C(O)C(O)Cc1ccc(Br)s1. The first-order valence-electron chi connectivity index (χ1n) is 4.91. The van der Waals surface area contributed by atoms with Gasteiger partial charge in [0.1, 0.15) is 0 Å². The van der Waals surface area contributed by atoms with E-state index in [0.29, 0.717) is 6.42 Å². The molecule has 1 heterocycles. The van der Waals surface area contributed by atoms with E-state index in [1.807, 2.05) is 32.9 Å². The van der Waals surface area contributed by atoms with Gasteiger partial charge in [0, 0.05) is 11.3 Å². The van der Waals surface area contributed by atoms with Crippen LogP contribution in [0.3, 0.4) is 0 Å². The van der Waals surface area contributed by atoms with E-state index in [2.05, 4.69) is 15.9 Å². The molecule has 2 atom stereocenters. The zero-order valence-electron chi connectivity index (χ0n) is 9.20. The number of hydrogen-bond acceptors (Lipinski definition) is 3. The van der Waals surface area contributed by atoms with Crippen LogP contribution in [0.4, 0.5) is 0 Å². The molecule has 0 aliphatic heterocycles. The Balaban J connectivity index is 2.59. The molecule has 0 radical (unpaired) electrons. The Morgan fingerprint density at radius 1 is 1.33 bits per heavy atom. The summed E-state index contributed by atoms with van der Waals surface area (Å²) in [5, 5.41) is 19.7. The molecule has 0 bridgehead atoms. The van der Waals surface area contributed by atoms with Gasteiger partial charge in [-0.2, -0.15) is 0 Å². The van der Waals surface area contributed by atoms with E-state index in [9.17, 15) is 10.2 Å². The van der Waals surface area contributed by atoms with E-state index >= 15 is 0 Å². The summed E-state index contributed by atoms with van der Waals surface area (Å²) < 4.78 is 1.05. The second-order valence-electron chi connectivity index (χ2n) is 4.79. The van der Waals surface area contributed by atoms with Crippen LogP contribution in [0.5, 0.6) is 0 Å². The summed E-state index contributed by atoms with van der Waals surface area (Å²) in [4.78, 5) is 1.08. The molecule has 2 unspecified atom stereocenters. The van der Waals surface area contributed by atoms with Crippen molar-refractivity contribution in [2.45, 2.75) is 39.4 Å². The number of thiophene rings is 1. The standard InChI is InChI=1S/C11H17BrO2S/c1-11(2,3)10(14)8(13)6-7-4-5-9(12)15-7/h4-5,8,10,13-14H,6H2,1-3H3.